The first-order valence-corrected chi connectivity index (χ1v) is 9.73. The molecule has 2 aromatic rings. The van der Waals surface area contributed by atoms with Crippen molar-refractivity contribution in [2.75, 3.05) is 13.6 Å². The molecule has 0 aliphatic heterocycles. The van der Waals surface area contributed by atoms with Gasteiger partial charge < -0.3 is 9.64 Å². The topological polar surface area (TPSA) is 37.7 Å². The number of aryl methyl sites for hydroxylation is 3. The molecule has 0 bridgehead atoms. The number of aromatic nitrogens is 1. The van der Waals surface area contributed by atoms with E-state index in [2.05, 4.69) is 71.8 Å². The molecule has 1 aromatic heterocycles. The van der Waals surface area contributed by atoms with Gasteiger partial charge in [0, 0.05) is 20.0 Å². The van der Waals surface area contributed by atoms with Gasteiger partial charge in [-0.25, -0.2) is 9.98 Å². The molecule has 2 rings (SSSR count). The van der Waals surface area contributed by atoms with E-state index in [1.165, 1.54) is 16.7 Å². The lowest BCUT2D eigenvalue weighted by molar-refractivity contribution is 0.211. The zero-order valence-corrected chi connectivity index (χ0v) is 18.1. The zero-order valence-electron chi connectivity index (χ0n) is 16.5. The summed E-state index contributed by atoms with van der Waals surface area (Å²) < 4.78 is 6.91. The molecule has 0 radical (unpaired) electrons. The Morgan fingerprint density at radius 2 is 1.85 bits per heavy atom. The van der Waals surface area contributed by atoms with E-state index in [1.54, 1.807) is 0 Å². The van der Waals surface area contributed by atoms with Gasteiger partial charge in [-0.05, 0) is 62.2 Å². The first-order chi connectivity index (χ1) is 12.3. The first-order valence-electron chi connectivity index (χ1n) is 8.94. The second kappa shape index (κ2) is 9.17. The Morgan fingerprint density at radius 1 is 1.19 bits per heavy atom. The van der Waals surface area contributed by atoms with Gasteiger partial charge in [-0.3, -0.25) is 0 Å². The molecular weight excluding hydrogens is 390 g/mol. The summed E-state index contributed by atoms with van der Waals surface area (Å²) in [5, 5.41) is 0. The Hall–Kier alpha value is -1.88. The Balaban J connectivity index is 2.11. The normalized spacial score (nSPS) is 12.4. The number of benzene rings is 1. The minimum absolute atomic E-state index is 0.0278. The molecule has 0 aliphatic rings. The van der Waals surface area contributed by atoms with Gasteiger partial charge in [0.1, 0.15) is 6.10 Å². The number of rotatable bonds is 7. The molecule has 0 fully saturated rings. The number of halogens is 1. The molecule has 0 amide bonds. The molecular formula is C21H28BrN3O. The predicted octanol–water partition coefficient (Wildman–Crippen LogP) is 5.39. The third kappa shape index (κ3) is 5.84. The van der Waals surface area contributed by atoms with Crippen molar-refractivity contribution in [1.82, 2.24) is 9.88 Å². The first kappa shape index (κ1) is 20.4. The van der Waals surface area contributed by atoms with Crippen LogP contribution < -0.4 is 4.74 Å². The minimum atomic E-state index is 0.0278. The molecule has 0 saturated heterocycles. The lowest BCUT2D eigenvalue weighted by Crippen LogP contribution is -2.16. The highest BCUT2D eigenvalue weighted by atomic mass is 79.9. The van der Waals surface area contributed by atoms with Crippen LogP contribution in [0.25, 0.3) is 0 Å². The van der Waals surface area contributed by atoms with Crippen LogP contribution in [-0.2, 0) is 6.42 Å². The fraction of sp³-hybridized carbons (Fsp3) is 0.429. The van der Waals surface area contributed by atoms with E-state index < -0.39 is 0 Å². The van der Waals surface area contributed by atoms with E-state index in [9.17, 15) is 0 Å². The van der Waals surface area contributed by atoms with Gasteiger partial charge in [0.15, 0.2) is 0 Å². The Bertz CT molecular complexity index is 769. The van der Waals surface area contributed by atoms with E-state index >= 15 is 0 Å². The van der Waals surface area contributed by atoms with Gasteiger partial charge in [0.2, 0.25) is 5.88 Å². The number of hydrogen-bond donors (Lipinski definition) is 0. The number of nitrogens with zero attached hydrogens (tertiary/aromatic N) is 3. The molecule has 0 saturated carbocycles. The monoisotopic (exact) mass is 417 g/mol. The van der Waals surface area contributed by atoms with Crippen molar-refractivity contribution in [2.24, 2.45) is 4.99 Å². The van der Waals surface area contributed by atoms with Crippen molar-refractivity contribution >= 4 is 28.0 Å². The van der Waals surface area contributed by atoms with E-state index in [-0.39, 0.29) is 6.10 Å². The fourth-order valence-electron chi connectivity index (χ4n) is 2.76. The molecule has 0 aliphatic carbocycles. The summed E-state index contributed by atoms with van der Waals surface area (Å²) in [5.41, 5.74) is 5.53. The maximum Gasteiger partial charge on any atom is 0.228 e. The third-order valence-corrected chi connectivity index (χ3v) is 4.69. The lowest BCUT2D eigenvalue weighted by Gasteiger charge is -2.17. The highest BCUT2D eigenvalue weighted by molar-refractivity contribution is 9.10. The summed E-state index contributed by atoms with van der Waals surface area (Å²) in [5.74, 6) is 0.613. The van der Waals surface area contributed by atoms with Gasteiger partial charge in [-0.2, -0.15) is 0 Å². The molecule has 26 heavy (non-hydrogen) atoms. The summed E-state index contributed by atoms with van der Waals surface area (Å²) in [6.07, 6.45) is 2.69. The lowest BCUT2D eigenvalue weighted by atomic mass is 10.0. The van der Waals surface area contributed by atoms with E-state index in [0.29, 0.717) is 5.88 Å². The SMILES string of the molecule is CCN(C)/C=N/c1cc(Br)c(OC(C)Cc2cc(C)cc(C)c2)nc1C. The molecule has 0 N–H and O–H groups in total. The van der Waals surface area contributed by atoms with Gasteiger partial charge in [-0.1, -0.05) is 29.3 Å². The van der Waals surface area contributed by atoms with E-state index in [0.717, 1.165) is 28.8 Å². The number of aliphatic imine (C=N–C) groups is 1. The van der Waals surface area contributed by atoms with Crippen molar-refractivity contribution in [3.63, 3.8) is 0 Å². The van der Waals surface area contributed by atoms with Crippen molar-refractivity contribution in [1.29, 1.82) is 0 Å². The Morgan fingerprint density at radius 3 is 2.46 bits per heavy atom. The van der Waals surface area contributed by atoms with Crippen LogP contribution >= 0.6 is 15.9 Å². The third-order valence-electron chi connectivity index (χ3n) is 4.12. The Labute approximate surface area is 165 Å². The average Bonchev–Trinajstić information content (AvgIpc) is 2.55. The fourth-order valence-corrected chi connectivity index (χ4v) is 3.15. The molecule has 1 unspecified atom stereocenters. The van der Waals surface area contributed by atoms with Crippen molar-refractivity contribution in [2.45, 2.75) is 47.1 Å². The summed E-state index contributed by atoms with van der Waals surface area (Å²) >= 11 is 3.57. The second-order valence-corrected chi connectivity index (χ2v) is 7.68. The van der Waals surface area contributed by atoms with Crippen LogP contribution in [0, 0.1) is 20.8 Å². The molecule has 140 valence electrons. The maximum absolute atomic E-state index is 6.09. The number of ether oxygens (including phenoxy) is 1. The molecule has 1 atom stereocenters. The summed E-state index contributed by atoms with van der Waals surface area (Å²) in [4.78, 5) is 11.1. The van der Waals surface area contributed by atoms with Gasteiger partial charge in [-0.15, -0.1) is 0 Å². The van der Waals surface area contributed by atoms with Crippen molar-refractivity contribution < 1.29 is 4.74 Å². The predicted molar refractivity (Wildman–Crippen MR) is 113 cm³/mol. The quantitative estimate of drug-likeness (QED) is 0.447. The minimum Gasteiger partial charge on any atom is -0.473 e. The molecule has 0 spiro atoms. The van der Waals surface area contributed by atoms with Gasteiger partial charge in [0.25, 0.3) is 0 Å². The van der Waals surface area contributed by atoms with Crippen LogP contribution in [0.1, 0.15) is 36.2 Å². The van der Waals surface area contributed by atoms with Crippen LogP contribution in [-0.4, -0.2) is 35.9 Å². The summed E-state index contributed by atoms with van der Waals surface area (Å²) in [7, 11) is 1.99. The van der Waals surface area contributed by atoms with Crippen molar-refractivity contribution in [3.05, 3.63) is 51.1 Å². The zero-order chi connectivity index (χ0) is 19.3. The largest absolute Gasteiger partial charge is 0.473 e. The van der Waals surface area contributed by atoms with Crippen LogP contribution in [0.15, 0.2) is 33.7 Å². The van der Waals surface area contributed by atoms with Crippen molar-refractivity contribution in [3.8, 4) is 5.88 Å². The smallest absolute Gasteiger partial charge is 0.228 e. The van der Waals surface area contributed by atoms with Crippen LogP contribution in [0.4, 0.5) is 5.69 Å². The van der Waals surface area contributed by atoms with Crippen LogP contribution in [0.3, 0.4) is 0 Å². The average molecular weight is 418 g/mol. The highest BCUT2D eigenvalue weighted by Crippen LogP contribution is 2.30. The van der Waals surface area contributed by atoms with E-state index in [1.807, 2.05) is 31.3 Å². The second-order valence-electron chi connectivity index (χ2n) is 6.83. The van der Waals surface area contributed by atoms with E-state index in [4.69, 9.17) is 4.74 Å². The number of hydrogen-bond acceptors (Lipinski definition) is 3. The van der Waals surface area contributed by atoms with Crippen LogP contribution in [0.5, 0.6) is 5.88 Å². The molecule has 1 heterocycles. The molecule has 5 heteroatoms. The highest BCUT2D eigenvalue weighted by Gasteiger charge is 2.13. The van der Waals surface area contributed by atoms with Crippen LogP contribution in [0.2, 0.25) is 0 Å². The van der Waals surface area contributed by atoms with Gasteiger partial charge >= 0.3 is 0 Å². The van der Waals surface area contributed by atoms with Gasteiger partial charge in [0.05, 0.1) is 22.2 Å². The Kier molecular flexibility index (Phi) is 7.21. The summed E-state index contributed by atoms with van der Waals surface area (Å²) in [6.45, 7) is 11.3. The maximum atomic E-state index is 6.09. The molecule has 4 nitrogen and oxygen atoms in total. The molecule has 1 aromatic carbocycles. The standard InChI is InChI=1S/C21H28BrN3O/c1-7-25(6)13-23-20-12-19(22)21(24-17(20)5)26-16(4)11-18-9-14(2)8-15(3)10-18/h8-10,12-13,16H,7,11H2,1-6H3/b23-13+. The summed E-state index contributed by atoms with van der Waals surface area (Å²) in [6, 6.07) is 8.57. The number of pyridine rings is 1.